The fraction of sp³-hybridized carbons (Fsp3) is 0.263. The van der Waals surface area contributed by atoms with Gasteiger partial charge in [-0.2, -0.15) is 0 Å². The molecule has 1 aliphatic rings. The molecule has 1 heterocycles. The summed E-state index contributed by atoms with van der Waals surface area (Å²) in [6.45, 7) is 2.09. The van der Waals surface area contributed by atoms with E-state index in [0.29, 0.717) is 0 Å². The SMILES string of the molecule is CCc1ccc(C(Cl)c2ccc3c4c(cccc24)CC3)o1. The van der Waals surface area contributed by atoms with E-state index in [1.54, 1.807) is 0 Å². The molecule has 4 rings (SSSR count). The molecule has 1 aromatic heterocycles. The molecule has 0 fully saturated rings. The Bertz CT molecular complexity index is 805. The molecule has 1 aliphatic carbocycles. The third kappa shape index (κ3) is 1.99. The van der Waals surface area contributed by atoms with E-state index in [9.17, 15) is 0 Å². The molecule has 1 unspecified atom stereocenters. The molecule has 0 saturated heterocycles. The molecular weight excluding hydrogens is 280 g/mol. The monoisotopic (exact) mass is 296 g/mol. The van der Waals surface area contributed by atoms with E-state index in [-0.39, 0.29) is 5.38 Å². The van der Waals surface area contributed by atoms with Crippen molar-refractivity contribution in [2.45, 2.75) is 31.6 Å². The molecule has 0 radical (unpaired) electrons. The zero-order valence-electron chi connectivity index (χ0n) is 12.0. The summed E-state index contributed by atoms with van der Waals surface area (Å²) in [6, 6.07) is 15.0. The minimum Gasteiger partial charge on any atom is -0.464 e. The zero-order chi connectivity index (χ0) is 14.4. The summed E-state index contributed by atoms with van der Waals surface area (Å²) in [5.74, 6) is 1.83. The van der Waals surface area contributed by atoms with Gasteiger partial charge in [0.15, 0.2) is 0 Å². The van der Waals surface area contributed by atoms with Crippen LogP contribution in [-0.2, 0) is 19.3 Å². The van der Waals surface area contributed by atoms with Crippen molar-refractivity contribution in [3.8, 4) is 0 Å². The lowest BCUT2D eigenvalue weighted by Gasteiger charge is -2.12. The van der Waals surface area contributed by atoms with Crippen LogP contribution in [0.4, 0.5) is 0 Å². The van der Waals surface area contributed by atoms with Crippen molar-refractivity contribution in [1.29, 1.82) is 0 Å². The van der Waals surface area contributed by atoms with E-state index in [4.69, 9.17) is 16.0 Å². The average molecular weight is 297 g/mol. The van der Waals surface area contributed by atoms with Gasteiger partial charge < -0.3 is 4.42 Å². The molecule has 0 spiro atoms. The lowest BCUT2D eigenvalue weighted by Crippen LogP contribution is -1.94. The zero-order valence-corrected chi connectivity index (χ0v) is 12.8. The van der Waals surface area contributed by atoms with Gasteiger partial charge in [0.2, 0.25) is 0 Å². The molecular formula is C19H17ClO. The Labute approximate surface area is 129 Å². The maximum atomic E-state index is 6.71. The van der Waals surface area contributed by atoms with E-state index >= 15 is 0 Å². The number of hydrogen-bond donors (Lipinski definition) is 0. The fourth-order valence-electron chi connectivity index (χ4n) is 3.36. The maximum Gasteiger partial charge on any atom is 0.126 e. The lowest BCUT2D eigenvalue weighted by atomic mass is 9.97. The highest BCUT2D eigenvalue weighted by Gasteiger charge is 2.21. The maximum absolute atomic E-state index is 6.71. The third-order valence-electron chi connectivity index (χ3n) is 4.46. The van der Waals surface area contributed by atoms with Gasteiger partial charge >= 0.3 is 0 Å². The Morgan fingerprint density at radius 3 is 2.62 bits per heavy atom. The second kappa shape index (κ2) is 4.92. The van der Waals surface area contributed by atoms with Gasteiger partial charge in [-0.05, 0) is 52.4 Å². The van der Waals surface area contributed by atoms with Gasteiger partial charge in [0.1, 0.15) is 16.9 Å². The van der Waals surface area contributed by atoms with Crippen molar-refractivity contribution in [1.82, 2.24) is 0 Å². The first-order valence-corrected chi connectivity index (χ1v) is 7.97. The Morgan fingerprint density at radius 1 is 1.05 bits per heavy atom. The smallest absolute Gasteiger partial charge is 0.126 e. The van der Waals surface area contributed by atoms with Crippen LogP contribution >= 0.6 is 11.6 Å². The molecule has 0 amide bonds. The number of benzene rings is 2. The molecule has 0 aliphatic heterocycles. The summed E-state index contributed by atoms with van der Waals surface area (Å²) in [7, 11) is 0. The van der Waals surface area contributed by atoms with Gasteiger partial charge in [0.05, 0.1) is 0 Å². The van der Waals surface area contributed by atoms with Crippen LogP contribution in [-0.4, -0.2) is 0 Å². The number of halogens is 1. The molecule has 0 bridgehead atoms. The standard InChI is InChI=1S/C19H17ClO/c1-2-14-9-11-17(21-14)19(20)16-10-8-13-7-6-12-4-3-5-15(16)18(12)13/h3-5,8-11,19H,2,6-7H2,1H3. The Kier molecular flexibility index (Phi) is 3.04. The summed E-state index contributed by atoms with van der Waals surface area (Å²) >= 11 is 6.71. The number of furan rings is 1. The topological polar surface area (TPSA) is 13.1 Å². The van der Waals surface area contributed by atoms with Crippen LogP contribution in [0.15, 0.2) is 46.9 Å². The molecule has 0 saturated carbocycles. The molecule has 21 heavy (non-hydrogen) atoms. The summed E-state index contributed by atoms with van der Waals surface area (Å²) in [4.78, 5) is 0. The van der Waals surface area contributed by atoms with E-state index in [2.05, 4.69) is 37.3 Å². The number of alkyl halides is 1. The van der Waals surface area contributed by atoms with Crippen molar-refractivity contribution in [3.05, 3.63) is 70.7 Å². The summed E-state index contributed by atoms with van der Waals surface area (Å²) in [6.07, 6.45) is 3.18. The van der Waals surface area contributed by atoms with E-state index in [0.717, 1.165) is 36.3 Å². The minimum atomic E-state index is -0.227. The molecule has 106 valence electrons. The van der Waals surface area contributed by atoms with Crippen molar-refractivity contribution in [3.63, 3.8) is 0 Å². The van der Waals surface area contributed by atoms with Crippen LogP contribution in [0, 0.1) is 0 Å². The number of rotatable bonds is 3. The lowest BCUT2D eigenvalue weighted by molar-refractivity contribution is 0.475. The largest absolute Gasteiger partial charge is 0.464 e. The highest BCUT2D eigenvalue weighted by Crippen LogP contribution is 2.39. The van der Waals surface area contributed by atoms with Gasteiger partial charge in [-0.15, -0.1) is 11.6 Å². The van der Waals surface area contributed by atoms with Crippen LogP contribution in [0.25, 0.3) is 10.8 Å². The van der Waals surface area contributed by atoms with Crippen LogP contribution in [0.1, 0.15) is 40.5 Å². The van der Waals surface area contributed by atoms with E-state index < -0.39 is 0 Å². The third-order valence-corrected chi connectivity index (χ3v) is 4.91. The van der Waals surface area contributed by atoms with Gasteiger partial charge in [-0.1, -0.05) is 37.3 Å². The van der Waals surface area contributed by atoms with Crippen molar-refractivity contribution in [2.75, 3.05) is 0 Å². The van der Waals surface area contributed by atoms with Gasteiger partial charge in [-0.25, -0.2) is 0 Å². The molecule has 2 aromatic carbocycles. The van der Waals surface area contributed by atoms with Crippen molar-refractivity contribution in [2.24, 2.45) is 0 Å². The first kappa shape index (κ1) is 13.0. The predicted octanol–water partition coefficient (Wildman–Crippen LogP) is 5.42. The van der Waals surface area contributed by atoms with E-state index in [1.807, 2.05) is 12.1 Å². The number of aryl methyl sites for hydroxylation is 3. The highest BCUT2D eigenvalue weighted by molar-refractivity contribution is 6.23. The second-order valence-corrected chi connectivity index (χ2v) is 6.11. The number of hydrogen-bond acceptors (Lipinski definition) is 1. The van der Waals surface area contributed by atoms with Crippen LogP contribution in [0.2, 0.25) is 0 Å². The molecule has 0 N–H and O–H groups in total. The summed E-state index contributed by atoms with van der Waals surface area (Å²) < 4.78 is 5.84. The van der Waals surface area contributed by atoms with Gasteiger partial charge in [0.25, 0.3) is 0 Å². The summed E-state index contributed by atoms with van der Waals surface area (Å²) in [5, 5.41) is 2.45. The molecule has 3 aromatic rings. The first-order chi connectivity index (χ1) is 10.3. The molecule has 1 nitrogen and oxygen atoms in total. The quantitative estimate of drug-likeness (QED) is 0.588. The van der Waals surface area contributed by atoms with Gasteiger partial charge in [0, 0.05) is 6.42 Å². The Balaban J connectivity index is 1.87. The Morgan fingerprint density at radius 2 is 1.86 bits per heavy atom. The average Bonchev–Trinajstić information content (AvgIpc) is 3.15. The van der Waals surface area contributed by atoms with E-state index in [1.165, 1.54) is 21.9 Å². The first-order valence-electron chi connectivity index (χ1n) is 7.54. The minimum absolute atomic E-state index is 0.227. The van der Waals surface area contributed by atoms with Crippen molar-refractivity contribution < 1.29 is 4.42 Å². The predicted molar refractivity (Wildman–Crippen MR) is 87.1 cm³/mol. The van der Waals surface area contributed by atoms with Crippen LogP contribution in [0.3, 0.4) is 0 Å². The second-order valence-electron chi connectivity index (χ2n) is 5.67. The fourth-order valence-corrected chi connectivity index (χ4v) is 3.67. The van der Waals surface area contributed by atoms with Gasteiger partial charge in [-0.3, -0.25) is 0 Å². The molecule has 1 atom stereocenters. The van der Waals surface area contributed by atoms with Crippen LogP contribution < -0.4 is 0 Å². The molecule has 2 heteroatoms. The summed E-state index contributed by atoms with van der Waals surface area (Å²) in [5.41, 5.74) is 4.04. The highest BCUT2D eigenvalue weighted by atomic mass is 35.5. The Hall–Kier alpha value is -1.73. The van der Waals surface area contributed by atoms with Crippen LogP contribution in [0.5, 0.6) is 0 Å². The van der Waals surface area contributed by atoms with Crippen molar-refractivity contribution >= 4 is 22.4 Å². The normalized spacial score (nSPS) is 14.8.